The maximum absolute atomic E-state index is 12.4. The van der Waals surface area contributed by atoms with E-state index in [1.54, 1.807) is 31.3 Å². The fourth-order valence-electron chi connectivity index (χ4n) is 1.64. The molecule has 1 aromatic rings. The van der Waals surface area contributed by atoms with Crippen molar-refractivity contribution in [3.63, 3.8) is 0 Å². The zero-order valence-corrected chi connectivity index (χ0v) is 12.2. The molecule has 1 unspecified atom stereocenters. The van der Waals surface area contributed by atoms with Gasteiger partial charge in [0.25, 0.3) is 0 Å². The van der Waals surface area contributed by atoms with Crippen LogP contribution in [0.25, 0.3) is 0 Å². The molecule has 20 heavy (non-hydrogen) atoms. The lowest BCUT2D eigenvalue weighted by atomic mass is 10.1. The molecule has 0 heterocycles. The van der Waals surface area contributed by atoms with Gasteiger partial charge >= 0.3 is 0 Å². The monoisotopic (exact) mass is 292 g/mol. The molecular formula is C13H16N4O2S. The van der Waals surface area contributed by atoms with Crippen LogP contribution in [-0.4, -0.2) is 32.9 Å². The molecule has 0 bridgehead atoms. The number of hydrogen-bond donors (Lipinski definition) is 1. The van der Waals surface area contributed by atoms with Gasteiger partial charge in [0.05, 0.1) is 17.0 Å². The third kappa shape index (κ3) is 3.55. The Morgan fingerprint density at radius 3 is 2.40 bits per heavy atom. The fraction of sp³-hybridized carbons (Fsp3) is 0.385. The zero-order valence-electron chi connectivity index (χ0n) is 11.4. The molecule has 0 spiro atoms. The predicted octanol–water partition coefficient (Wildman–Crippen LogP) is 1.00. The molecule has 0 amide bonds. The van der Waals surface area contributed by atoms with E-state index in [1.165, 1.54) is 6.07 Å². The van der Waals surface area contributed by atoms with E-state index in [0.29, 0.717) is 0 Å². The molecule has 1 N–H and O–H groups in total. The molecule has 6 nitrogen and oxygen atoms in total. The minimum atomic E-state index is -3.83. The third-order valence-electron chi connectivity index (χ3n) is 2.92. The van der Waals surface area contributed by atoms with Crippen molar-refractivity contribution in [1.29, 1.82) is 10.5 Å². The summed E-state index contributed by atoms with van der Waals surface area (Å²) in [5.41, 5.74) is 0.822. The van der Waals surface area contributed by atoms with Crippen molar-refractivity contribution >= 4 is 10.0 Å². The minimum absolute atomic E-state index is 0.00512. The standard InChI is InChI=1S/C13H16N4O2S/c1-11(16-2)12-4-3-5-13(10-12)20(18,19)17(8-6-14)9-7-15/h3-5,10-11,16H,8-9H2,1-2H3. The van der Waals surface area contributed by atoms with Crippen LogP contribution >= 0.6 is 0 Å². The quantitative estimate of drug-likeness (QED) is 0.789. The summed E-state index contributed by atoms with van der Waals surface area (Å²) in [6.45, 7) is 1.22. The number of hydrogen-bond acceptors (Lipinski definition) is 5. The summed E-state index contributed by atoms with van der Waals surface area (Å²) in [5.74, 6) is 0. The summed E-state index contributed by atoms with van der Waals surface area (Å²) >= 11 is 0. The highest BCUT2D eigenvalue weighted by atomic mass is 32.2. The van der Waals surface area contributed by atoms with E-state index in [2.05, 4.69) is 5.32 Å². The smallest absolute Gasteiger partial charge is 0.244 e. The molecule has 1 aromatic carbocycles. The van der Waals surface area contributed by atoms with Crippen LogP contribution in [0.4, 0.5) is 0 Å². The number of nitrogens with one attached hydrogen (secondary N) is 1. The van der Waals surface area contributed by atoms with E-state index in [9.17, 15) is 8.42 Å². The second kappa shape index (κ2) is 7.01. The second-order valence-electron chi connectivity index (χ2n) is 4.17. The maximum Gasteiger partial charge on any atom is 0.244 e. The summed E-state index contributed by atoms with van der Waals surface area (Å²) in [6, 6.07) is 10.0. The third-order valence-corrected chi connectivity index (χ3v) is 4.71. The highest BCUT2D eigenvalue weighted by molar-refractivity contribution is 7.89. The second-order valence-corrected chi connectivity index (χ2v) is 6.11. The number of sulfonamides is 1. The van der Waals surface area contributed by atoms with Gasteiger partial charge in [-0.25, -0.2) is 8.42 Å². The summed E-state index contributed by atoms with van der Waals surface area (Å²) < 4.78 is 25.6. The summed E-state index contributed by atoms with van der Waals surface area (Å²) in [7, 11) is -2.05. The first-order chi connectivity index (χ1) is 9.47. The van der Waals surface area contributed by atoms with E-state index >= 15 is 0 Å². The van der Waals surface area contributed by atoms with E-state index in [4.69, 9.17) is 10.5 Å². The van der Waals surface area contributed by atoms with Crippen molar-refractivity contribution in [2.75, 3.05) is 20.1 Å². The number of nitriles is 2. The highest BCUT2D eigenvalue weighted by Crippen LogP contribution is 2.20. The average Bonchev–Trinajstić information content (AvgIpc) is 2.46. The minimum Gasteiger partial charge on any atom is -0.313 e. The Morgan fingerprint density at radius 2 is 1.90 bits per heavy atom. The van der Waals surface area contributed by atoms with Gasteiger partial charge in [0.15, 0.2) is 0 Å². The predicted molar refractivity (Wildman–Crippen MR) is 73.9 cm³/mol. The van der Waals surface area contributed by atoms with E-state index in [0.717, 1.165) is 9.87 Å². The van der Waals surface area contributed by atoms with Gasteiger partial charge in [-0.05, 0) is 31.7 Å². The Morgan fingerprint density at radius 1 is 1.30 bits per heavy atom. The van der Waals surface area contributed by atoms with Crippen LogP contribution in [0.3, 0.4) is 0 Å². The molecule has 7 heteroatoms. The number of benzene rings is 1. The first kappa shape index (κ1) is 16.1. The van der Waals surface area contributed by atoms with Crippen molar-refractivity contribution in [3.05, 3.63) is 29.8 Å². The molecule has 1 rings (SSSR count). The van der Waals surface area contributed by atoms with Crippen molar-refractivity contribution in [2.45, 2.75) is 17.9 Å². The first-order valence-electron chi connectivity index (χ1n) is 5.98. The molecule has 0 saturated carbocycles. The zero-order chi connectivity index (χ0) is 15.2. The molecule has 0 radical (unpaired) electrons. The van der Waals surface area contributed by atoms with Gasteiger partial charge in [0.2, 0.25) is 10.0 Å². The van der Waals surface area contributed by atoms with E-state index in [-0.39, 0.29) is 24.0 Å². The van der Waals surface area contributed by atoms with E-state index < -0.39 is 10.0 Å². The molecule has 0 aliphatic heterocycles. The van der Waals surface area contributed by atoms with Crippen LogP contribution < -0.4 is 5.32 Å². The molecular weight excluding hydrogens is 276 g/mol. The van der Waals surface area contributed by atoms with Crippen LogP contribution in [-0.2, 0) is 10.0 Å². The summed E-state index contributed by atoms with van der Waals surface area (Å²) in [4.78, 5) is 0.0857. The van der Waals surface area contributed by atoms with Gasteiger partial charge < -0.3 is 5.32 Å². The Balaban J connectivity index is 3.21. The normalized spacial score (nSPS) is 12.7. The van der Waals surface area contributed by atoms with Crippen molar-refractivity contribution in [2.24, 2.45) is 0 Å². The average molecular weight is 292 g/mol. The fourth-order valence-corrected chi connectivity index (χ4v) is 2.93. The maximum atomic E-state index is 12.4. The largest absolute Gasteiger partial charge is 0.313 e. The Hall–Kier alpha value is -1.93. The summed E-state index contributed by atoms with van der Waals surface area (Å²) in [6.07, 6.45) is 0. The van der Waals surface area contributed by atoms with Crippen LogP contribution in [0, 0.1) is 22.7 Å². The lowest BCUT2D eigenvalue weighted by molar-refractivity contribution is 0.479. The van der Waals surface area contributed by atoms with Crippen LogP contribution in [0.1, 0.15) is 18.5 Å². The molecule has 0 fully saturated rings. The summed E-state index contributed by atoms with van der Waals surface area (Å²) in [5, 5.41) is 20.4. The molecule has 106 valence electrons. The van der Waals surface area contributed by atoms with Gasteiger partial charge in [-0.3, -0.25) is 0 Å². The Bertz CT molecular complexity index is 627. The SMILES string of the molecule is CNC(C)c1cccc(S(=O)(=O)N(CC#N)CC#N)c1. The number of nitrogens with zero attached hydrogens (tertiary/aromatic N) is 3. The molecule has 0 aliphatic rings. The topological polar surface area (TPSA) is 97.0 Å². The van der Waals surface area contributed by atoms with E-state index in [1.807, 2.05) is 13.0 Å². The van der Waals surface area contributed by atoms with Crippen molar-refractivity contribution < 1.29 is 8.42 Å². The Kier molecular flexibility index (Phi) is 5.66. The first-order valence-corrected chi connectivity index (χ1v) is 7.42. The van der Waals surface area contributed by atoms with Crippen LogP contribution in [0.15, 0.2) is 29.2 Å². The number of rotatable bonds is 6. The van der Waals surface area contributed by atoms with Gasteiger partial charge in [-0.2, -0.15) is 14.8 Å². The van der Waals surface area contributed by atoms with Crippen molar-refractivity contribution in [1.82, 2.24) is 9.62 Å². The van der Waals surface area contributed by atoms with Crippen LogP contribution in [0.2, 0.25) is 0 Å². The van der Waals surface area contributed by atoms with Gasteiger partial charge in [0, 0.05) is 6.04 Å². The highest BCUT2D eigenvalue weighted by Gasteiger charge is 2.24. The molecule has 0 aromatic heterocycles. The molecule has 1 atom stereocenters. The van der Waals surface area contributed by atoms with Gasteiger partial charge in [-0.15, -0.1) is 0 Å². The lowest BCUT2D eigenvalue weighted by Gasteiger charge is -2.17. The Labute approximate surface area is 119 Å². The van der Waals surface area contributed by atoms with Gasteiger partial charge in [0.1, 0.15) is 13.1 Å². The van der Waals surface area contributed by atoms with Crippen LogP contribution in [0.5, 0.6) is 0 Å². The van der Waals surface area contributed by atoms with Crippen molar-refractivity contribution in [3.8, 4) is 12.1 Å². The molecule has 0 aliphatic carbocycles. The van der Waals surface area contributed by atoms with Gasteiger partial charge in [-0.1, -0.05) is 12.1 Å². The molecule has 0 saturated heterocycles. The lowest BCUT2D eigenvalue weighted by Crippen LogP contribution is -2.32.